The summed E-state index contributed by atoms with van der Waals surface area (Å²) in [6.07, 6.45) is 0.466. The summed E-state index contributed by atoms with van der Waals surface area (Å²) in [5, 5.41) is 9.03. The molecule has 0 saturated heterocycles. The first-order valence-electron chi connectivity index (χ1n) is 3.60. The van der Waals surface area contributed by atoms with E-state index in [1.54, 1.807) is 0 Å². The molecule has 0 aliphatic carbocycles. The van der Waals surface area contributed by atoms with Gasteiger partial charge in [-0.1, -0.05) is 20.8 Å². The first-order chi connectivity index (χ1) is 5.45. The predicted molar refractivity (Wildman–Crippen MR) is 42.3 cm³/mol. The number of hydrogen-bond donors (Lipinski definition) is 1. The highest BCUT2D eigenvalue weighted by atomic mass is 16.5. The van der Waals surface area contributed by atoms with Crippen molar-refractivity contribution in [2.45, 2.75) is 26.2 Å². The molecule has 0 aliphatic heterocycles. The van der Waals surface area contributed by atoms with E-state index in [1.165, 1.54) is 0 Å². The van der Waals surface area contributed by atoms with Crippen molar-refractivity contribution in [2.24, 2.45) is 0 Å². The van der Waals surface area contributed by atoms with Crippen LogP contribution >= 0.6 is 0 Å². The van der Waals surface area contributed by atoms with Gasteiger partial charge in [0.2, 0.25) is 5.89 Å². The third kappa shape index (κ3) is 1.47. The van der Waals surface area contributed by atoms with E-state index in [9.17, 15) is 4.79 Å². The van der Waals surface area contributed by atoms with E-state index in [0.29, 0.717) is 12.2 Å². The Morgan fingerprint density at radius 1 is 1.50 bits per heavy atom. The second-order valence-corrected chi connectivity index (χ2v) is 3.58. The summed E-state index contributed by atoms with van der Waals surface area (Å²) in [5.74, 6) is -0.0444. The van der Waals surface area contributed by atoms with Crippen molar-refractivity contribution in [3.8, 4) is 5.95 Å². The van der Waals surface area contributed by atoms with Gasteiger partial charge in [0.1, 0.15) is 0 Å². The Balaban J connectivity index is 3.13. The van der Waals surface area contributed by atoms with Gasteiger partial charge in [0, 0.05) is 5.41 Å². The van der Waals surface area contributed by atoms with Crippen molar-refractivity contribution >= 4 is 6.29 Å². The van der Waals surface area contributed by atoms with Crippen LogP contribution in [0.25, 0.3) is 0 Å². The zero-order valence-corrected chi connectivity index (χ0v) is 7.29. The van der Waals surface area contributed by atoms with Crippen molar-refractivity contribution in [3.05, 3.63) is 11.6 Å². The molecular weight excluding hydrogens is 158 g/mol. The van der Waals surface area contributed by atoms with Gasteiger partial charge in [-0.05, 0) is 0 Å². The maximum Gasteiger partial charge on any atom is 0.313 e. The maximum atomic E-state index is 10.3. The molecule has 0 atom stereocenters. The lowest BCUT2D eigenvalue weighted by molar-refractivity contribution is 0.111. The summed E-state index contributed by atoms with van der Waals surface area (Å²) in [6, 6.07) is 0. The van der Waals surface area contributed by atoms with Gasteiger partial charge in [0.05, 0.1) is 0 Å². The lowest BCUT2D eigenvalue weighted by Crippen LogP contribution is -2.11. The van der Waals surface area contributed by atoms with Crippen molar-refractivity contribution in [3.63, 3.8) is 0 Å². The van der Waals surface area contributed by atoms with Gasteiger partial charge in [-0.15, -0.1) is 0 Å². The summed E-state index contributed by atoms with van der Waals surface area (Å²) in [7, 11) is 0. The summed E-state index contributed by atoms with van der Waals surface area (Å²) < 4.78 is 4.88. The van der Waals surface area contributed by atoms with Crippen LogP contribution in [0.15, 0.2) is 4.42 Å². The van der Waals surface area contributed by atoms with Gasteiger partial charge >= 0.3 is 5.95 Å². The molecule has 1 heterocycles. The molecule has 4 nitrogen and oxygen atoms in total. The highest BCUT2D eigenvalue weighted by molar-refractivity contribution is 5.74. The third-order valence-corrected chi connectivity index (χ3v) is 1.39. The second-order valence-electron chi connectivity index (χ2n) is 3.58. The smallest absolute Gasteiger partial charge is 0.313 e. The minimum Gasteiger partial charge on any atom is -0.479 e. The average molecular weight is 169 g/mol. The maximum absolute atomic E-state index is 10.3. The molecule has 4 heteroatoms. The van der Waals surface area contributed by atoms with Crippen molar-refractivity contribution in [1.82, 2.24) is 4.98 Å². The topological polar surface area (TPSA) is 63.3 Å². The molecule has 66 valence electrons. The van der Waals surface area contributed by atoms with Gasteiger partial charge < -0.3 is 9.52 Å². The Bertz CT molecular complexity index is 296. The molecule has 0 aliphatic rings. The molecule has 0 unspecified atom stereocenters. The normalized spacial score (nSPS) is 11.6. The number of nitrogens with zero attached hydrogens (tertiary/aromatic N) is 1. The summed E-state index contributed by atoms with van der Waals surface area (Å²) in [6.45, 7) is 5.65. The summed E-state index contributed by atoms with van der Waals surface area (Å²) in [5.41, 5.74) is -0.335. The fraction of sp³-hybridized carbons (Fsp3) is 0.500. The van der Waals surface area contributed by atoms with E-state index in [2.05, 4.69) is 4.98 Å². The highest BCUT2D eigenvalue weighted by Gasteiger charge is 2.23. The van der Waals surface area contributed by atoms with Crippen molar-refractivity contribution in [1.29, 1.82) is 0 Å². The number of aromatic nitrogens is 1. The molecule has 1 aromatic heterocycles. The van der Waals surface area contributed by atoms with E-state index < -0.39 is 5.95 Å². The largest absolute Gasteiger partial charge is 0.479 e. The van der Waals surface area contributed by atoms with Gasteiger partial charge in [0.15, 0.2) is 12.0 Å². The number of aldehydes is 1. The molecule has 0 fully saturated rings. The zero-order chi connectivity index (χ0) is 9.35. The lowest BCUT2D eigenvalue weighted by atomic mass is 9.97. The van der Waals surface area contributed by atoms with Gasteiger partial charge in [-0.25, -0.2) is 4.98 Å². The van der Waals surface area contributed by atoms with Crippen molar-refractivity contribution in [2.75, 3.05) is 0 Å². The first-order valence-corrected chi connectivity index (χ1v) is 3.60. The van der Waals surface area contributed by atoms with Crippen LogP contribution in [0.1, 0.15) is 37.2 Å². The molecule has 1 rings (SSSR count). The molecule has 1 N–H and O–H groups in total. The average Bonchev–Trinajstić information content (AvgIpc) is 2.29. The van der Waals surface area contributed by atoms with Crippen molar-refractivity contribution < 1.29 is 14.3 Å². The molecular formula is C8H11NO3. The van der Waals surface area contributed by atoms with E-state index in [-0.39, 0.29) is 11.1 Å². The molecule has 0 bridgehead atoms. The number of rotatable bonds is 1. The Kier molecular flexibility index (Phi) is 1.92. The zero-order valence-electron chi connectivity index (χ0n) is 7.29. The first kappa shape index (κ1) is 8.77. The van der Waals surface area contributed by atoms with Crippen LogP contribution in [0.2, 0.25) is 0 Å². The SMILES string of the molecule is CC(C)(C)c1nc(C=O)c(O)o1. The van der Waals surface area contributed by atoms with E-state index in [0.717, 1.165) is 0 Å². The minimum absolute atomic E-state index is 0.0417. The fourth-order valence-corrected chi connectivity index (χ4v) is 0.721. The Morgan fingerprint density at radius 2 is 2.08 bits per heavy atom. The van der Waals surface area contributed by atoms with Crippen LogP contribution in [-0.2, 0) is 5.41 Å². The summed E-state index contributed by atoms with van der Waals surface area (Å²) >= 11 is 0. The minimum atomic E-state index is -0.407. The van der Waals surface area contributed by atoms with Crippen LogP contribution in [0.3, 0.4) is 0 Å². The third-order valence-electron chi connectivity index (χ3n) is 1.39. The number of carbonyl (C=O) groups excluding carboxylic acids is 1. The van der Waals surface area contributed by atoms with Crippen LogP contribution < -0.4 is 0 Å². The van der Waals surface area contributed by atoms with E-state index >= 15 is 0 Å². The Morgan fingerprint density at radius 3 is 2.33 bits per heavy atom. The summed E-state index contributed by atoms with van der Waals surface area (Å²) in [4.78, 5) is 14.1. The van der Waals surface area contributed by atoms with Gasteiger partial charge in [-0.3, -0.25) is 4.79 Å². The van der Waals surface area contributed by atoms with Crippen LogP contribution in [0.5, 0.6) is 5.95 Å². The molecule has 0 aromatic carbocycles. The number of carbonyl (C=O) groups is 1. The second kappa shape index (κ2) is 2.62. The Labute approximate surface area is 70.2 Å². The number of hydrogen-bond acceptors (Lipinski definition) is 4. The predicted octanol–water partition coefficient (Wildman–Crippen LogP) is 1.49. The molecule has 0 radical (unpaired) electrons. The molecule has 0 saturated carbocycles. The number of aromatic hydroxyl groups is 1. The van der Waals surface area contributed by atoms with E-state index in [4.69, 9.17) is 9.52 Å². The number of oxazole rings is 1. The molecule has 12 heavy (non-hydrogen) atoms. The standard InChI is InChI=1S/C8H11NO3/c1-8(2,3)7-9-5(4-10)6(11)12-7/h4,11H,1-3H3. The van der Waals surface area contributed by atoms with Gasteiger partial charge in [-0.2, -0.15) is 0 Å². The van der Waals surface area contributed by atoms with Crippen LogP contribution in [-0.4, -0.2) is 16.4 Å². The van der Waals surface area contributed by atoms with Crippen LogP contribution in [0, 0.1) is 0 Å². The van der Waals surface area contributed by atoms with Crippen LogP contribution in [0.4, 0.5) is 0 Å². The fourth-order valence-electron chi connectivity index (χ4n) is 0.721. The monoisotopic (exact) mass is 169 g/mol. The highest BCUT2D eigenvalue weighted by Crippen LogP contribution is 2.26. The lowest BCUT2D eigenvalue weighted by Gasteiger charge is -2.11. The molecule has 1 aromatic rings. The molecule has 0 spiro atoms. The Hall–Kier alpha value is -1.32. The molecule has 0 amide bonds. The van der Waals surface area contributed by atoms with Gasteiger partial charge in [0.25, 0.3) is 0 Å². The van der Waals surface area contributed by atoms with E-state index in [1.807, 2.05) is 20.8 Å². The quantitative estimate of drug-likeness (QED) is 0.647.